The van der Waals surface area contributed by atoms with Crippen LogP contribution in [0, 0.1) is 0 Å². The van der Waals surface area contributed by atoms with E-state index < -0.39 is 0 Å². The maximum atomic E-state index is 12.8. The number of esters is 1. The Morgan fingerprint density at radius 3 is 1.58 bits per heavy atom. The largest absolute Gasteiger partial charge is 0.494 e. The summed E-state index contributed by atoms with van der Waals surface area (Å²) in [6, 6.07) is 23.3. The summed E-state index contributed by atoms with van der Waals surface area (Å²) in [6.07, 6.45) is 17.9. The van der Waals surface area contributed by atoms with Crippen LogP contribution in [0.1, 0.15) is 133 Å². The third kappa shape index (κ3) is 13.4. The van der Waals surface area contributed by atoms with Gasteiger partial charge in [-0.15, -0.1) is 0 Å². The molecule has 0 saturated heterocycles. The van der Waals surface area contributed by atoms with E-state index in [9.17, 15) is 4.79 Å². The van der Waals surface area contributed by atoms with Crippen molar-refractivity contribution in [3.8, 4) is 22.6 Å². The molecule has 0 spiro atoms. The number of ether oxygens (including phenoxy) is 3. The van der Waals surface area contributed by atoms with Gasteiger partial charge in [-0.1, -0.05) is 127 Å². The Morgan fingerprint density at radius 1 is 0.558 bits per heavy atom. The van der Waals surface area contributed by atoms with Crippen LogP contribution >= 0.6 is 0 Å². The first-order chi connectivity index (χ1) is 21.1. The molecule has 4 heteroatoms. The van der Waals surface area contributed by atoms with E-state index in [1.54, 1.807) is 0 Å². The molecule has 3 aromatic rings. The minimum Gasteiger partial charge on any atom is -0.494 e. The monoisotopic (exact) mass is 586 g/mol. The second-order valence-corrected chi connectivity index (χ2v) is 11.7. The Bertz CT molecular complexity index is 1140. The summed E-state index contributed by atoms with van der Waals surface area (Å²) in [5.41, 5.74) is 3.74. The van der Waals surface area contributed by atoms with Gasteiger partial charge in [-0.2, -0.15) is 0 Å². The van der Waals surface area contributed by atoms with E-state index in [2.05, 4.69) is 32.9 Å². The topological polar surface area (TPSA) is 44.8 Å². The van der Waals surface area contributed by atoms with Crippen molar-refractivity contribution in [2.75, 3.05) is 13.2 Å². The number of hydrogen-bond donors (Lipinski definition) is 0. The van der Waals surface area contributed by atoms with Gasteiger partial charge in [0.2, 0.25) is 0 Å². The van der Waals surface area contributed by atoms with Crippen molar-refractivity contribution in [2.24, 2.45) is 0 Å². The van der Waals surface area contributed by atoms with Crippen LogP contribution in [-0.2, 0) is 4.74 Å². The molecule has 0 bridgehead atoms. The van der Waals surface area contributed by atoms with Crippen molar-refractivity contribution < 1.29 is 19.0 Å². The zero-order valence-corrected chi connectivity index (χ0v) is 27.0. The minimum atomic E-state index is -0.364. The lowest BCUT2D eigenvalue weighted by atomic mass is 10.0. The molecule has 3 aromatic carbocycles. The molecule has 0 radical (unpaired) electrons. The third-order valence-electron chi connectivity index (χ3n) is 8.00. The lowest BCUT2D eigenvalue weighted by molar-refractivity contribution is 0.0627. The van der Waals surface area contributed by atoms with Crippen LogP contribution in [0.15, 0.2) is 72.8 Å². The van der Waals surface area contributed by atoms with Crippen molar-refractivity contribution in [3.63, 3.8) is 0 Å². The minimum absolute atomic E-state index is 0.0171. The van der Waals surface area contributed by atoms with E-state index in [4.69, 9.17) is 14.2 Å². The van der Waals surface area contributed by atoms with Gasteiger partial charge < -0.3 is 14.2 Å². The predicted octanol–water partition coefficient (Wildman–Crippen LogP) is 11.5. The molecule has 0 saturated carbocycles. The van der Waals surface area contributed by atoms with Crippen molar-refractivity contribution in [2.45, 2.75) is 117 Å². The molecule has 0 N–H and O–H groups in total. The van der Waals surface area contributed by atoms with Crippen LogP contribution in [0.2, 0.25) is 0 Å². The van der Waals surface area contributed by atoms with E-state index in [1.807, 2.05) is 60.7 Å². The van der Waals surface area contributed by atoms with Gasteiger partial charge in [0.15, 0.2) is 0 Å². The molecule has 0 aliphatic carbocycles. The highest BCUT2D eigenvalue weighted by Crippen LogP contribution is 2.25. The molecule has 4 nitrogen and oxygen atoms in total. The molecule has 3 rings (SSSR count). The standard InChI is InChI=1S/C39H54O4/c1-4-6-8-10-12-13-15-17-31-42-37-26-24-35(25-27-37)34-18-20-36(21-19-34)39(40)43-38-28-22-33(23-29-38)32(3)41-30-16-14-11-9-7-5-2/h18-29,32H,4-17,30-31H2,1-3H3. The highest BCUT2D eigenvalue weighted by molar-refractivity contribution is 5.91. The van der Waals surface area contributed by atoms with Crippen molar-refractivity contribution in [1.82, 2.24) is 0 Å². The average molecular weight is 587 g/mol. The number of benzene rings is 3. The molecule has 234 valence electrons. The smallest absolute Gasteiger partial charge is 0.343 e. The third-order valence-corrected chi connectivity index (χ3v) is 8.00. The van der Waals surface area contributed by atoms with Crippen LogP contribution in [0.25, 0.3) is 11.1 Å². The Hall–Kier alpha value is -3.11. The van der Waals surface area contributed by atoms with E-state index in [1.165, 1.54) is 77.0 Å². The Labute approximate surface area is 261 Å². The first-order valence-electron chi connectivity index (χ1n) is 16.9. The molecular weight excluding hydrogens is 532 g/mol. The highest BCUT2D eigenvalue weighted by Gasteiger charge is 2.11. The van der Waals surface area contributed by atoms with Crippen LogP contribution in [0.3, 0.4) is 0 Å². The maximum Gasteiger partial charge on any atom is 0.343 e. The summed E-state index contributed by atoms with van der Waals surface area (Å²) in [4.78, 5) is 12.8. The number of carbonyl (C=O) groups is 1. The summed E-state index contributed by atoms with van der Waals surface area (Å²) in [5, 5.41) is 0. The molecular formula is C39H54O4. The molecule has 0 aliphatic rings. The van der Waals surface area contributed by atoms with E-state index >= 15 is 0 Å². The molecule has 0 aromatic heterocycles. The van der Waals surface area contributed by atoms with Gasteiger partial charge in [-0.25, -0.2) is 4.79 Å². The number of rotatable bonds is 22. The highest BCUT2D eigenvalue weighted by atomic mass is 16.5. The van der Waals surface area contributed by atoms with Crippen molar-refractivity contribution in [1.29, 1.82) is 0 Å². The first kappa shape index (κ1) is 34.4. The van der Waals surface area contributed by atoms with Gasteiger partial charge >= 0.3 is 5.97 Å². The molecule has 0 heterocycles. The average Bonchev–Trinajstić information content (AvgIpc) is 3.04. The fraction of sp³-hybridized carbons (Fsp3) is 0.513. The van der Waals surface area contributed by atoms with Gasteiger partial charge in [0.25, 0.3) is 0 Å². The molecule has 1 atom stereocenters. The van der Waals surface area contributed by atoms with Crippen LogP contribution in [-0.4, -0.2) is 19.2 Å². The van der Waals surface area contributed by atoms with Crippen molar-refractivity contribution >= 4 is 5.97 Å². The van der Waals surface area contributed by atoms with Crippen LogP contribution in [0.5, 0.6) is 11.5 Å². The summed E-state index contributed by atoms with van der Waals surface area (Å²) in [6.45, 7) is 8.10. The Kier molecular flexibility index (Phi) is 16.6. The molecule has 43 heavy (non-hydrogen) atoms. The summed E-state index contributed by atoms with van der Waals surface area (Å²) < 4.78 is 17.6. The molecule has 0 fully saturated rings. The van der Waals surface area contributed by atoms with Gasteiger partial charge in [0.1, 0.15) is 11.5 Å². The van der Waals surface area contributed by atoms with Crippen molar-refractivity contribution in [3.05, 3.63) is 83.9 Å². The summed E-state index contributed by atoms with van der Waals surface area (Å²) in [7, 11) is 0. The van der Waals surface area contributed by atoms with E-state index in [0.717, 1.165) is 48.5 Å². The predicted molar refractivity (Wildman–Crippen MR) is 179 cm³/mol. The number of hydrogen-bond acceptors (Lipinski definition) is 4. The van der Waals surface area contributed by atoms with Gasteiger partial charge in [-0.05, 0) is 72.9 Å². The Morgan fingerprint density at radius 2 is 1.02 bits per heavy atom. The Balaban J connectivity index is 1.37. The van der Waals surface area contributed by atoms with Crippen LogP contribution in [0.4, 0.5) is 0 Å². The van der Waals surface area contributed by atoms with Gasteiger partial charge in [0, 0.05) is 6.61 Å². The zero-order chi connectivity index (χ0) is 30.5. The van der Waals surface area contributed by atoms with E-state index in [-0.39, 0.29) is 12.1 Å². The molecule has 1 unspecified atom stereocenters. The summed E-state index contributed by atoms with van der Waals surface area (Å²) in [5.74, 6) is 1.07. The normalized spacial score (nSPS) is 11.8. The van der Waals surface area contributed by atoms with E-state index in [0.29, 0.717) is 11.3 Å². The second kappa shape index (κ2) is 20.7. The second-order valence-electron chi connectivity index (χ2n) is 11.7. The first-order valence-corrected chi connectivity index (χ1v) is 16.9. The fourth-order valence-electron chi connectivity index (χ4n) is 5.18. The fourth-order valence-corrected chi connectivity index (χ4v) is 5.18. The number of carbonyl (C=O) groups excluding carboxylic acids is 1. The SMILES string of the molecule is CCCCCCCCCCOc1ccc(-c2ccc(C(=O)Oc3ccc(C(C)OCCCCCCCC)cc3)cc2)cc1. The summed E-state index contributed by atoms with van der Waals surface area (Å²) >= 11 is 0. The quantitative estimate of drug-likeness (QED) is 0.0667. The van der Waals surface area contributed by atoms with Gasteiger partial charge in [0.05, 0.1) is 18.3 Å². The van der Waals surface area contributed by atoms with Crippen LogP contribution < -0.4 is 9.47 Å². The zero-order valence-electron chi connectivity index (χ0n) is 27.0. The van der Waals surface area contributed by atoms with Gasteiger partial charge in [-0.3, -0.25) is 0 Å². The number of unbranched alkanes of at least 4 members (excludes halogenated alkanes) is 12. The molecule has 0 amide bonds. The lowest BCUT2D eigenvalue weighted by Gasteiger charge is -2.14. The molecule has 0 aliphatic heterocycles. The lowest BCUT2D eigenvalue weighted by Crippen LogP contribution is -2.08. The maximum absolute atomic E-state index is 12.8.